The van der Waals surface area contributed by atoms with E-state index in [1.807, 2.05) is 0 Å². The lowest BCUT2D eigenvalue weighted by atomic mass is 10.0. The monoisotopic (exact) mass is 216 g/mol. The lowest BCUT2D eigenvalue weighted by Gasteiger charge is -2.27. The highest BCUT2D eigenvalue weighted by atomic mass is 16.5. The number of hydrogen-bond donors (Lipinski definition) is 1. The van der Waals surface area contributed by atoms with Crippen molar-refractivity contribution in [2.45, 2.75) is 72.0 Å². The predicted octanol–water partition coefficient (Wildman–Crippen LogP) is 3.38. The summed E-state index contributed by atoms with van der Waals surface area (Å²) in [6, 6.07) is 0. The van der Waals surface area contributed by atoms with Gasteiger partial charge in [0.15, 0.2) is 0 Å². The average molecular weight is 216 g/mol. The summed E-state index contributed by atoms with van der Waals surface area (Å²) in [7, 11) is 0. The van der Waals surface area contributed by atoms with Gasteiger partial charge in [-0.1, -0.05) is 33.6 Å². The van der Waals surface area contributed by atoms with Crippen molar-refractivity contribution in [2.75, 3.05) is 6.61 Å². The van der Waals surface area contributed by atoms with Crippen molar-refractivity contribution in [3.8, 4) is 0 Å². The molecular weight excluding hydrogens is 188 g/mol. The lowest BCUT2D eigenvalue weighted by molar-refractivity contribution is -0.0679. The van der Waals surface area contributed by atoms with Gasteiger partial charge in [-0.15, -0.1) is 0 Å². The fourth-order valence-corrected chi connectivity index (χ4v) is 1.61. The molecule has 0 aliphatic carbocycles. The zero-order chi connectivity index (χ0) is 11.9. The van der Waals surface area contributed by atoms with Gasteiger partial charge in [-0.25, -0.2) is 0 Å². The molecule has 0 heterocycles. The number of unbranched alkanes of at least 4 members (excludes halogenated alkanes) is 1. The van der Waals surface area contributed by atoms with Crippen LogP contribution in [0.1, 0.15) is 60.3 Å². The third-order valence-electron chi connectivity index (χ3n) is 2.54. The van der Waals surface area contributed by atoms with Crippen LogP contribution in [0.5, 0.6) is 0 Å². The molecule has 15 heavy (non-hydrogen) atoms. The van der Waals surface area contributed by atoms with E-state index < -0.39 is 0 Å². The molecule has 0 bridgehead atoms. The van der Waals surface area contributed by atoms with Gasteiger partial charge in [-0.05, 0) is 32.6 Å². The lowest BCUT2D eigenvalue weighted by Crippen LogP contribution is -2.29. The highest BCUT2D eigenvalue weighted by molar-refractivity contribution is 4.69. The van der Waals surface area contributed by atoms with E-state index in [0.717, 1.165) is 12.8 Å². The van der Waals surface area contributed by atoms with Crippen LogP contribution in [0.3, 0.4) is 0 Å². The minimum absolute atomic E-state index is 0.0893. The van der Waals surface area contributed by atoms with Crippen molar-refractivity contribution >= 4 is 0 Å². The number of rotatable bonds is 8. The standard InChI is InChI=1S/C13H28O2/c1-6-7-8-13(4,5)15-10-12(14)9-11(2)3/h11-12,14H,6-10H2,1-5H3. The first kappa shape index (κ1) is 14.9. The van der Waals surface area contributed by atoms with Crippen LogP contribution in [0.2, 0.25) is 0 Å². The molecule has 0 aliphatic rings. The molecule has 1 unspecified atom stereocenters. The van der Waals surface area contributed by atoms with Gasteiger partial charge >= 0.3 is 0 Å². The first-order valence-corrected chi connectivity index (χ1v) is 6.19. The van der Waals surface area contributed by atoms with Gasteiger partial charge < -0.3 is 9.84 Å². The summed E-state index contributed by atoms with van der Waals surface area (Å²) in [5.74, 6) is 0.530. The fourth-order valence-electron chi connectivity index (χ4n) is 1.61. The quantitative estimate of drug-likeness (QED) is 0.674. The zero-order valence-corrected chi connectivity index (χ0v) is 11.0. The number of hydrogen-bond acceptors (Lipinski definition) is 2. The molecule has 92 valence electrons. The first-order chi connectivity index (χ1) is 6.87. The zero-order valence-electron chi connectivity index (χ0n) is 11.0. The molecule has 0 aromatic rings. The number of aliphatic hydroxyl groups is 1. The Bertz CT molecular complexity index is 153. The Morgan fingerprint density at radius 3 is 2.33 bits per heavy atom. The van der Waals surface area contributed by atoms with E-state index in [-0.39, 0.29) is 11.7 Å². The van der Waals surface area contributed by atoms with Crippen LogP contribution in [-0.4, -0.2) is 23.4 Å². The molecule has 0 spiro atoms. The van der Waals surface area contributed by atoms with Gasteiger partial charge in [0.2, 0.25) is 0 Å². The minimum atomic E-state index is -0.314. The minimum Gasteiger partial charge on any atom is -0.391 e. The third-order valence-corrected chi connectivity index (χ3v) is 2.54. The van der Waals surface area contributed by atoms with Crippen molar-refractivity contribution < 1.29 is 9.84 Å². The van der Waals surface area contributed by atoms with E-state index in [1.165, 1.54) is 12.8 Å². The summed E-state index contributed by atoms with van der Waals surface area (Å²) in [6.07, 6.45) is 3.96. The van der Waals surface area contributed by atoms with Crippen LogP contribution in [0.15, 0.2) is 0 Å². The maximum absolute atomic E-state index is 9.68. The van der Waals surface area contributed by atoms with Gasteiger partial charge in [-0.2, -0.15) is 0 Å². The number of ether oxygens (including phenoxy) is 1. The average Bonchev–Trinajstić information content (AvgIpc) is 2.11. The molecule has 0 amide bonds. The Hall–Kier alpha value is -0.0800. The van der Waals surface area contributed by atoms with Crippen molar-refractivity contribution in [2.24, 2.45) is 5.92 Å². The van der Waals surface area contributed by atoms with Crippen LogP contribution in [-0.2, 0) is 4.74 Å². The molecule has 0 rings (SSSR count). The molecule has 1 atom stereocenters. The Morgan fingerprint density at radius 1 is 1.27 bits per heavy atom. The van der Waals surface area contributed by atoms with E-state index >= 15 is 0 Å². The van der Waals surface area contributed by atoms with Crippen LogP contribution in [0.4, 0.5) is 0 Å². The summed E-state index contributed by atoms with van der Waals surface area (Å²) in [5, 5.41) is 9.68. The molecule has 1 N–H and O–H groups in total. The second kappa shape index (κ2) is 7.24. The molecule has 0 aromatic carbocycles. The summed E-state index contributed by atoms with van der Waals surface area (Å²) in [6.45, 7) is 11.1. The predicted molar refractivity (Wildman–Crippen MR) is 65.0 cm³/mol. The Kier molecular flexibility index (Phi) is 7.20. The molecular formula is C13H28O2. The van der Waals surface area contributed by atoms with E-state index in [1.54, 1.807) is 0 Å². The molecule has 0 aliphatic heterocycles. The SMILES string of the molecule is CCCCC(C)(C)OCC(O)CC(C)C. The van der Waals surface area contributed by atoms with Crippen LogP contribution in [0.25, 0.3) is 0 Å². The summed E-state index contributed by atoms with van der Waals surface area (Å²) >= 11 is 0. The molecule has 2 heteroatoms. The Labute approximate surface area is 95.0 Å². The van der Waals surface area contributed by atoms with Crippen molar-refractivity contribution in [3.63, 3.8) is 0 Å². The number of aliphatic hydroxyl groups excluding tert-OH is 1. The second-order valence-corrected chi connectivity index (χ2v) is 5.46. The van der Waals surface area contributed by atoms with E-state index in [9.17, 15) is 5.11 Å². The van der Waals surface area contributed by atoms with Crippen LogP contribution >= 0.6 is 0 Å². The van der Waals surface area contributed by atoms with Crippen LogP contribution in [0, 0.1) is 5.92 Å². The molecule has 2 nitrogen and oxygen atoms in total. The van der Waals surface area contributed by atoms with Crippen molar-refractivity contribution in [1.29, 1.82) is 0 Å². The van der Waals surface area contributed by atoms with Gasteiger partial charge in [-0.3, -0.25) is 0 Å². The fraction of sp³-hybridized carbons (Fsp3) is 1.00. The van der Waals surface area contributed by atoms with Gasteiger partial charge in [0, 0.05) is 0 Å². The van der Waals surface area contributed by atoms with Crippen molar-refractivity contribution in [1.82, 2.24) is 0 Å². The van der Waals surface area contributed by atoms with E-state index in [4.69, 9.17) is 4.74 Å². The highest BCUT2D eigenvalue weighted by Gasteiger charge is 2.19. The smallest absolute Gasteiger partial charge is 0.0776 e. The van der Waals surface area contributed by atoms with E-state index in [0.29, 0.717) is 12.5 Å². The molecule has 0 saturated heterocycles. The summed E-state index contributed by atoms with van der Waals surface area (Å²) in [5.41, 5.74) is -0.0893. The van der Waals surface area contributed by atoms with Crippen molar-refractivity contribution in [3.05, 3.63) is 0 Å². The Balaban J connectivity index is 3.71. The Morgan fingerprint density at radius 2 is 1.87 bits per heavy atom. The second-order valence-electron chi connectivity index (χ2n) is 5.46. The molecule has 0 saturated carbocycles. The molecule has 0 aromatic heterocycles. The summed E-state index contributed by atoms with van der Waals surface area (Å²) in [4.78, 5) is 0. The third kappa shape index (κ3) is 8.88. The first-order valence-electron chi connectivity index (χ1n) is 6.19. The maximum Gasteiger partial charge on any atom is 0.0776 e. The topological polar surface area (TPSA) is 29.5 Å². The highest BCUT2D eigenvalue weighted by Crippen LogP contribution is 2.18. The van der Waals surface area contributed by atoms with Gasteiger partial charge in [0.1, 0.15) is 0 Å². The molecule has 0 radical (unpaired) electrons. The normalized spacial score (nSPS) is 14.6. The maximum atomic E-state index is 9.68. The van der Waals surface area contributed by atoms with E-state index in [2.05, 4.69) is 34.6 Å². The largest absolute Gasteiger partial charge is 0.391 e. The molecule has 0 fully saturated rings. The van der Waals surface area contributed by atoms with Crippen LogP contribution < -0.4 is 0 Å². The van der Waals surface area contributed by atoms with Gasteiger partial charge in [0.25, 0.3) is 0 Å². The summed E-state index contributed by atoms with van der Waals surface area (Å²) < 4.78 is 5.74. The van der Waals surface area contributed by atoms with Gasteiger partial charge in [0.05, 0.1) is 18.3 Å².